The van der Waals surface area contributed by atoms with E-state index in [9.17, 15) is 0 Å². The minimum atomic E-state index is 0.290. The summed E-state index contributed by atoms with van der Waals surface area (Å²) in [5.41, 5.74) is 13.1. The fourth-order valence-corrected chi connectivity index (χ4v) is 7.24. The van der Waals surface area contributed by atoms with Crippen LogP contribution in [-0.2, 0) is 49.5 Å². The topological polar surface area (TPSA) is 67.0 Å². The minimum Gasteiger partial charge on any atom is -0.473 e. The van der Waals surface area contributed by atoms with Crippen LogP contribution in [0, 0.1) is 17.8 Å². The van der Waals surface area contributed by atoms with E-state index in [2.05, 4.69) is 134 Å². The summed E-state index contributed by atoms with van der Waals surface area (Å²) in [5, 5.41) is 0. The van der Waals surface area contributed by atoms with E-state index >= 15 is 0 Å². The molecule has 0 spiro atoms. The molecule has 6 nitrogen and oxygen atoms in total. The average molecular weight is 808 g/mol. The first-order chi connectivity index (χ1) is 27.8. The van der Waals surface area contributed by atoms with Crippen LogP contribution in [0.25, 0.3) is 5.65 Å². The number of aryl methyl sites for hydroxylation is 1. The molecule has 0 aromatic carbocycles. The van der Waals surface area contributed by atoms with Crippen molar-refractivity contribution >= 4 is 5.65 Å². The number of nitrogens with one attached hydrogen (secondary N) is 2. The van der Waals surface area contributed by atoms with Gasteiger partial charge in [-0.3, -0.25) is 0 Å². The number of furan rings is 1. The highest BCUT2D eigenvalue weighted by atomic mass is 16.3. The largest absolute Gasteiger partial charge is 0.473 e. The quantitative estimate of drug-likeness (QED) is 0.161. The second kappa shape index (κ2) is 26.1. The number of pyridine rings is 1. The fourth-order valence-electron chi connectivity index (χ4n) is 7.24. The molecule has 59 heavy (non-hydrogen) atoms. The normalized spacial score (nSPS) is 13.5. The van der Waals surface area contributed by atoms with E-state index in [1.54, 1.807) is 52.4 Å². The Morgan fingerprint density at radius 2 is 1.19 bits per heavy atom. The molecule has 0 saturated carbocycles. The zero-order valence-corrected chi connectivity index (χ0v) is 40.2. The second-order valence-corrected chi connectivity index (χ2v) is 20.0. The van der Waals surface area contributed by atoms with Crippen LogP contribution in [0.1, 0.15) is 169 Å². The first kappa shape index (κ1) is 51.0. The van der Waals surface area contributed by atoms with E-state index < -0.39 is 0 Å². The van der Waals surface area contributed by atoms with Crippen LogP contribution >= 0.6 is 0 Å². The third-order valence-corrected chi connectivity index (χ3v) is 9.15. The predicted molar refractivity (Wildman–Crippen MR) is 256 cm³/mol. The lowest BCUT2D eigenvalue weighted by Crippen LogP contribution is -2.16. The smallest absolute Gasteiger partial charge is 0.136 e. The SMILES string of the molecule is CC(C)(C)c1[nH]cc2c1CCC2.CC(C)(C)c1c2c(n3c1CCC3)CCCC2.CC(C)C.CC(C)C.CC(C)C.c1cc[nH]c1.c1ccn2ccnc2c1.c1ccoc1. The molecule has 9 rings (SSSR count). The van der Waals surface area contributed by atoms with Crippen molar-refractivity contribution in [2.45, 2.75) is 179 Å². The number of fused-ring (bicyclic) bond motifs is 5. The molecule has 6 heteroatoms. The van der Waals surface area contributed by atoms with Crippen molar-refractivity contribution < 1.29 is 4.42 Å². The van der Waals surface area contributed by atoms with E-state index in [1.807, 2.05) is 71.7 Å². The molecule has 0 radical (unpaired) electrons. The van der Waals surface area contributed by atoms with Gasteiger partial charge in [0.2, 0.25) is 0 Å². The number of nitrogens with zero attached hydrogens (tertiary/aromatic N) is 3. The van der Waals surface area contributed by atoms with Crippen LogP contribution in [-0.4, -0.2) is 23.9 Å². The molecule has 1 aliphatic heterocycles. The maximum atomic E-state index is 4.58. The second-order valence-electron chi connectivity index (χ2n) is 20.0. The third kappa shape index (κ3) is 19.2. The highest BCUT2D eigenvalue weighted by Gasteiger charge is 2.32. The van der Waals surface area contributed by atoms with E-state index in [0.29, 0.717) is 5.41 Å². The van der Waals surface area contributed by atoms with Gasteiger partial charge in [-0.25, -0.2) is 4.98 Å². The van der Waals surface area contributed by atoms with Crippen LogP contribution < -0.4 is 0 Å². The summed E-state index contributed by atoms with van der Waals surface area (Å²) >= 11 is 0. The highest BCUT2D eigenvalue weighted by Crippen LogP contribution is 2.40. The van der Waals surface area contributed by atoms with Gasteiger partial charge >= 0.3 is 0 Å². The van der Waals surface area contributed by atoms with Crippen molar-refractivity contribution in [1.29, 1.82) is 0 Å². The van der Waals surface area contributed by atoms with E-state index in [-0.39, 0.29) is 5.41 Å². The summed E-state index contributed by atoms with van der Waals surface area (Å²) in [6.45, 7) is 34.8. The van der Waals surface area contributed by atoms with E-state index in [0.717, 1.165) is 23.4 Å². The van der Waals surface area contributed by atoms with Crippen LogP contribution in [0.3, 0.4) is 0 Å². The van der Waals surface area contributed by atoms with Crippen molar-refractivity contribution in [3.63, 3.8) is 0 Å². The Labute approximate surface area is 361 Å². The molecule has 0 amide bonds. The number of aromatic nitrogens is 5. The molecule has 6 aromatic heterocycles. The van der Waals surface area contributed by atoms with Gasteiger partial charge in [-0.15, -0.1) is 0 Å². The van der Waals surface area contributed by atoms with Crippen LogP contribution in [0.4, 0.5) is 0 Å². The number of rotatable bonds is 0. The third-order valence-electron chi connectivity index (χ3n) is 9.15. The Bertz CT molecular complexity index is 1790. The van der Waals surface area contributed by atoms with Gasteiger partial charge in [-0.2, -0.15) is 0 Å². The molecular formula is C53H85N5O. The first-order valence-corrected chi connectivity index (χ1v) is 22.7. The molecule has 0 atom stereocenters. The minimum absolute atomic E-state index is 0.290. The van der Waals surface area contributed by atoms with Gasteiger partial charge in [0.05, 0.1) is 12.5 Å². The zero-order valence-electron chi connectivity index (χ0n) is 40.2. The lowest BCUT2D eigenvalue weighted by Gasteiger charge is -2.23. The lowest BCUT2D eigenvalue weighted by molar-refractivity contribution is 0.565. The molecular weight excluding hydrogens is 723 g/mol. The van der Waals surface area contributed by atoms with Gasteiger partial charge in [0.25, 0.3) is 0 Å². The van der Waals surface area contributed by atoms with Gasteiger partial charge < -0.3 is 23.4 Å². The van der Waals surface area contributed by atoms with Crippen molar-refractivity contribution in [2.75, 3.05) is 0 Å². The summed E-state index contributed by atoms with van der Waals surface area (Å²) in [7, 11) is 0. The van der Waals surface area contributed by atoms with Crippen LogP contribution in [0.2, 0.25) is 0 Å². The predicted octanol–water partition coefficient (Wildman–Crippen LogP) is 15.0. The summed E-state index contributed by atoms with van der Waals surface area (Å²) in [6.07, 6.45) is 27.0. The van der Waals surface area contributed by atoms with Crippen molar-refractivity contribution in [1.82, 2.24) is 23.9 Å². The molecule has 0 bridgehead atoms. The van der Waals surface area contributed by atoms with E-state index in [1.165, 1.54) is 70.0 Å². The number of aromatic amines is 2. The summed E-state index contributed by atoms with van der Waals surface area (Å²) in [4.78, 5) is 10.4. The van der Waals surface area contributed by atoms with E-state index in [4.69, 9.17) is 0 Å². The molecule has 0 fully saturated rings. The molecule has 2 N–H and O–H groups in total. The van der Waals surface area contributed by atoms with Crippen molar-refractivity contribution in [3.8, 4) is 0 Å². The Hall–Kier alpha value is -4.19. The lowest BCUT2D eigenvalue weighted by atomic mass is 9.80. The van der Waals surface area contributed by atoms with Gasteiger partial charge in [0, 0.05) is 66.2 Å². The van der Waals surface area contributed by atoms with Crippen molar-refractivity contribution in [3.05, 3.63) is 132 Å². The Balaban J connectivity index is 0.000000249. The van der Waals surface area contributed by atoms with Gasteiger partial charge in [0.1, 0.15) is 5.65 Å². The summed E-state index contributed by atoms with van der Waals surface area (Å²) < 4.78 is 9.22. The van der Waals surface area contributed by atoms with Crippen LogP contribution in [0.5, 0.6) is 0 Å². The highest BCUT2D eigenvalue weighted by molar-refractivity contribution is 5.45. The Kier molecular flexibility index (Phi) is 22.6. The van der Waals surface area contributed by atoms with Gasteiger partial charge in [-0.1, -0.05) is 110 Å². The molecule has 0 unspecified atom stereocenters. The molecule has 2 aliphatic carbocycles. The van der Waals surface area contributed by atoms with Crippen LogP contribution in [0.15, 0.2) is 96.6 Å². The summed E-state index contributed by atoms with van der Waals surface area (Å²) in [6, 6.07) is 13.5. The zero-order chi connectivity index (χ0) is 44.0. The number of hydrogen-bond acceptors (Lipinski definition) is 2. The standard InChI is InChI=1S/C15H23N.C11H17N.C7H6N2.C4H5N.C4H4O.3C4H10/c1-15(2,3)14-11-7-4-5-8-12(11)16-10-6-9-13(14)16;1-11(2,3)10-9-6-4-5-8(9)7-12-10;1-2-5-9-6-4-8-7(9)3-1;2*1-2-4-5-3-1;3*1-4(2)3/h4-10H2,1-3H3;7,12H,4-6H2,1-3H3;1-6H;1-5H;1-4H;3*4H,1-3H3. The van der Waals surface area contributed by atoms with Gasteiger partial charge in [-0.05, 0) is 140 Å². The molecule has 0 saturated heterocycles. The monoisotopic (exact) mass is 808 g/mol. The summed E-state index contributed by atoms with van der Waals surface area (Å²) in [5.74, 6) is 2.50. The fraction of sp³-hybridized carbons (Fsp3) is 0.566. The number of hydrogen-bond donors (Lipinski definition) is 2. The maximum absolute atomic E-state index is 4.58. The number of H-pyrrole nitrogens is 2. The first-order valence-electron chi connectivity index (χ1n) is 22.7. The molecule has 6 aromatic rings. The Morgan fingerprint density at radius 3 is 1.69 bits per heavy atom. The maximum Gasteiger partial charge on any atom is 0.136 e. The average Bonchev–Trinajstić information content (AvgIpc) is 3.99. The Morgan fingerprint density at radius 1 is 0.610 bits per heavy atom. The van der Waals surface area contributed by atoms with Crippen molar-refractivity contribution in [2.24, 2.45) is 17.8 Å². The van der Waals surface area contributed by atoms with Gasteiger partial charge in [0.15, 0.2) is 0 Å². The molecule has 328 valence electrons. The molecule has 3 aliphatic rings. The molecule has 7 heterocycles. The number of imidazole rings is 1.